The minimum Gasteiger partial charge on any atom is -0.497 e. The Morgan fingerprint density at radius 1 is 1.00 bits per heavy atom. The summed E-state index contributed by atoms with van der Waals surface area (Å²) in [6.45, 7) is 6.64. The summed E-state index contributed by atoms with van der Waals surface area (Å²) in [5.41, 5.74) is 1.25. The van der Waals surface area contributed by atoms with Crippen molar-refractivity contribution in [2.75, 3.05) is 20.3 Å². The van der Waals surface area contributed by atoms with Crippen LogP contribution in [-0.4, -0.2) is 32.1 Å². The SMILES string of the molecule is CCOc1ccc(C(C)NC(=O)/C(=C/c2ccco2)NC(=O)c2ccc(OC)cc2)cc1OCC. The van der Waals surface area contributed by atoms with Crippen LogP contribution in [0.1, 0.15) is 48.5 Å². The molecule has 0 saturated heterocycles. The van der Waals surface area contributed by atoms with E-state index < -0.39 is 11.8 Å². The van der Waals surface area contributed by atoms with E-state index in [-0.39, 0.29) is 11.7 Å². The van der Waals surface area contributed by atoms with Crippen LogP contribution < -0.4 is 24.8 Å². The first-order chi connectivity index (χ1) is 16.9. The molecular formula is C27H30N2O6. The van der Waals surface area contributed by atoms with Gasteiger partial charge in [0.25, 0.3) is 11.8 Å². The molecule has 0 spiro atoms. The highest BCUT2D eigenvalue weighted by molar-refractivity contribution is 6.05. The van der Waals surface area contributed by atoms with E-state index >= 15 is 0 Å². The van der Waals surface area contributed by atoms with Crippen LogP contribution in [0.2, 0.25) is 0 Å². The number of benzene rings is 2. The van der Waals surface area contributed by atoms with Crippen molar-refractivity contribution < 1.29 is 28.2 Å². The van der Waals surface area contributed by atoms with Crippen LogP contribution in [0.3, 0.4) is 0 Å². The number of carbonyl (C=O) groups is 2. The molecule has 1 atom stereocenters. The molecule has 0 aliphatic rings. The molecule has 2 N–H and O–H groups in total. The van der Waals surface area contributed by atoms with Crippen molar-refractivity contribution in [3.8, 4) is 17.2 Å². The Bertz CT molecular complexity index is 1150. The maximum absolute atomic E-state index is 13.2. The van der Waals surface area contributed by atoms with Crippen LogP contribution in [0.15, 0.2) is 71.0 Å². The lowest BCUT2D eigenvalue weighted by atomic mass is 10.1. The molecule has 0 aliphatic heterocycles. The van der Waals surface area contributed by atoms with Crippen molar-refractivity contribution in [3.05, 3.63) is 83.4 Å². The third kappa shape index (κ3) is 6.89. The van der Waals surface area contributed by atoms with Crippen LogP contribution in [0.25, 0.3) is 6.08 Å². The molecule has 1 aromatic heterocycles. The third-order valence-corrected chi connectivity index (χ3v) is 5.09. The highest BCUT2D eigenvalue weighted by Gasteiger charge is 2.19. The molecule has 8 nitrogen and oxygen atoms in total. The predicted molar refractivity (Wildman–Crippen MR) is 132 cm³/mol. The quantitative estimate of drug-likeness (QED) is 0.387. The summed E-state index contributed by atoms with van der Waals surface area (Å²) in [6, 6.07) is 15.1. The van der Waals surface area contributed by atoms with Gasteiger partial charge in [-0.3, -0.25) is 9.59 Å². The molecule has 0 fully saturated rings. The van der Waals surface area contributed by atoms with Gasteiger partial charge in [-0.2, -0.15) is 0 Å². The van der Waals surface area contributed by atoms with Crippen molar-refractivity contribution in [3.63, 3.8) is 0 Å². The number of methoxy groups -OCH3 is 1. The molecule has 2 amide bonds. The van der Waals surface area contributed by atoms with E-state index in [0.29, 0.717) is 41.8 Å². The topological polar surface area (TPSA) is 99.0 Å². The maximum Gasteiger partial charge on any atom is 0.268 e. The van der Waals surface area contributed by atoms with Gasteiger partial charge < -0.3 is 29.3 Å². The summed E-state index contributed by atoms with van der Waals surface area (Å²) < 4.78 is 21.8. The Morgan fingerprint density at radius 3 is 2.34 bits per heavy atom. The van der Waals surface area contributed by atoms with Crippen LogP contribution >= 0.6 is 0 Å². The first kappa shape index (κ1) is 25.4. The van der Waals surface area contributed by atoms with Gasteiger partial charge in [-0.1, -0.05) is 6.07 Å². The molecule has 3 aromatic rings. The van der Waals surface area contributed by atoms with E-state index in [1.807, 2.05) is 39.0 Å². The molecule has 1 heterocycles. The number of carbonyl (C=O) groups excluding carboxylic acids is 2. The number of furan rings is 1. The molecule has 0 bridgehead atoms. The molecule has 3 rings (SSSR count). The summed E-state index contributed by atoms with van der Waals surface area (Å²) in [4.78, 5) is 26.0. The molecule has 8 heteroatoms. The zero-order valence-corrected chi connectivity index (χ0v) is 20.3. The fourth-order valence-electron chi connectivity index (χ4n) is 3.31. The van der Waals surface area contributed by atoms with Gasteiger partial charge in [0, 0.05) is 11.6 Å². The number of amides is 2. The highest BCUT2D eigenvalue weighted by Crippen LogP contribution is 2.30. The minimum atomic E-state index is -0.470. The Morgan fingerprint density at radius 2 is 1.71 bits per heavy atom. The van der Waals surface area contributed by atoms with Crippen molar-refractivity contribution in [1.82, 2.24) is 10.6 Å². The number of rotatable bonds is 11. The molecular weight excluding hydrogens is 448 g/mol. The average Bonchev–Trinajstić information content (AvgIpc) is 3.38. The first-order valence-electron chi connectivity index (χ1n) is 11.4. The summed E-state index contributed by atoms with van der Waals surface area (Å²) in [5, 5.41) is 5.61. The Balaban J connectivity index is 1.80. The van der Waals surface area contributed by atoms with Crippen LogP contribution in [0.5, 0.6) is 17.2 Å². The number of nitrogens with one attached hydrogen (secondary N) is 2. The lowest BCUT2D eigenvalue weighted by Crippen LogP contribution is -2.36. The summed E-state index contributed by atoms with van der Waals surface area (Å²) in [6.07, 6.45) is 2.97. The van der Waals surface area contributed by atoms with Crippen molar-refractivity contribution in [2.45, 2.75) is 26.8 Å². The molecule has 0 saturated carbocycles. The van der Waals surface area contributed by atoms with Gasteiger partial charge in [-0.25, -0.2) is 0 Å². The average molecular weight is 479 g/mol. The molecule has 35 heavy (non-hydrogen) atoms. The normalized spacial score (nSPS) is 11.9. The van der Waals surface area contributed by atoms with Crippen LogP contribution in [0, 0.1) is 0 Å². The number of hydrogen-bond donors (Lipinski definition) is 2. The fourth-order valence-corrected chi connectivity index (χ4v) is 3.31. The lowest BCUT2D eigenvalue weighted by molar-refractivity contribution is -0.118. The smallest absolute Gasteiger partial charge is 0.268 e. The summed E-state index contributed by atoms with van der Waals surface area (Å²) >= 11 is 0. The van der Waals surface area contributed by atoms with E-state index in [2.05, 4.69) is 10.6 Å². The molecule has 184 valence electrons. The Hall–Kier alpha value is -4.20. The highest BCUT2D eigenvalue weighted by atomic mass is 16.5. The van der Waals surface area contributed by atoms with Gasteiger partial charge in [-0.15, -0.1) is 0 Å². The number of hydrogen-bond acceptors (Lipinski definition) is 6. The van der Waals surface area contributed by atoms with Gasteiger partial charge in [0.05, 0.1) is 32.6 Å². The van der Waals surface area contributed by atoms with Crippen molar-refractivity contribution >= 4 is 17.9 Å². The minimum absolute atomic E-state index is 0.0450. The van der Waals surface area contributed by atoms with E-state index in [4.69, 9.17) is 18.6 Å². The maximum atomic E-state index is 13.2. The summed E-state index contributed by atoms with van der Waals surface area (Å²) in [7, 11) is 1.55. The number of ether oxygens (including phenoxy) is 3. The van der Waals surface area contributed by atoms with E-state index in [9.17, 15) is 9.59 Å². The summed E-state index contributed by atoms with van der Waals surface area (Å²) in [5.74, 6) is 1.39. The zero-order chi connectivity index (χ0) is 25.2. The first-order valence-corrected chi connectivity index (χ1v) is 11.4. The fraction of sp³-hybridized carbons (Fsp3) is 0.259. The van der Waals surface area contributed by atoms with Crippen molar-refractivity contribution in [2.24, 2.45) is 0 Å². The predicted octanol–water partition coefficient (Wildman–Crippen LogP) is 4.73. The Kier molecular flexibility index (Phi) is 8.95. The van der Waals surface area contributed by atoms with Gasteiger partial charge in [0.15, 0.2) is 11.5 Å². The third-order valence-electron chi connectivity index (χ3n) is 5.09. The second kappa shape index (κ2) is 12.3. The monoisotopic (exact) mass is 478 g/mol. The Labute approximate surface area is 204 Å². The molecule has 2 aromatic carbocycles. The van der Waals surface area contributed by atoms with Crippen LogP contribution in [-0.2, 0) is 4.79 Å². The lowest BCUT2D eigenvalue weighted by Gasteiger charge is -2.19. The second-order valence-electron chi connectivity index (χ2n) is 7.52. The van der Waals surface area contributed by atoms with Gasteiger partial charge in [0.1, 0.15) is 17.2 Å². The van der Waals surface area contributed by atoms with Gasteiger partial charge in [0.2, 0.25) is 0 Å². The largest absolute Gasteiger partial charge is 0.497 e. The van der Waals surface area contributed by atoms with Gasteiger partial charge in [-0.05, 0) is 74.9 Å². The molecule has 0 aliphatic carbocycles. The van der Waals surface area contributed by atoms with E-state index in [1.54, 1.807) is 43.5 Å². The van der Waals surface area contributed by atoms with Crippen molar-refractivity contribution in [1.29, 1.82) is 0 Å². The molecule has 1 unspecified atom stereocenters. The molecule has 0 radical (unpaired) electrons. The second-order valence-corrected chi connectivity index (χ2v) is 7.52. The standard InChI is InChI=1S/C27H30N2O6/c1-5-33-24-14-11-20(16-25(24)34-6-2)18(3)28-27(31)23(17-22-8-7-15-35-22)29-26(30)19-9-12-21(32-4)13-10-19/h7-18H,5-6H2,1-4H3,(H,28,31)(H,29,30)/b23-17-. The van der Waals surface area contributed by atoms with E-state index in [0.717, 1.165) is 5.56 Å². The van der Waals surface area contributed by atoms with E-state index in [1.165, 1.54) is 12.3 Å². The zero-order valence-electron chi connectivity index (χ0n) is 20.3. The van der Waals surface area contributed by atoms with Crippen LogP contribution in [0.4, 0.5) is 0 Å². The van der Waals surface area contributed by atoms with Gasteiger partial charge >= 0.3 is 0 Å².